The highest BCUT2D eigenvalue weighted by Crippen LogP contribution is 2.28. The highest BCUT2D eigenvalue weighted by atomic mass is 16.5. The van der Waals surface area contributed by atoms with E-state index >= 15 is 0 Å². The molecule has 3 rings (SSSR count). The number of carbonyl (C=O) groups excluding carboxylic acids is 1. The van der Waals surface area contributed by atoms with Gasteiger partial charge < -0.3 is 24.4 Å². The van der Waals surface area contributed by atoms with Gasteiger partial charge >= 0.3 is 6.03 Å². The van der Waals surface area contributed by atoms with E-state index in [4.69, 9.17) is 14.2 Å². The molecule has 25 heavy (non-hydrogen) atoms. The number of pyridine rings is 1. The summed E-state index contributed by atoms with van der Waals surface area (Å²) in [4.78, 5) is 18.5. The molecule has 1 N–H and O–H groups in total. The molecule has 1 aliphatic heterocycles. The number of nitrogens with zero attached hydrogens (tertiary/aromatic N) is 2. The van der Waals surface area contributed by atoms with Crippen LogP contribution < -0.4 is 14.8 Å². The molecule has 0 aliphatic carbocycles. The fourth-order valence-electron chi connectivity index (χ4n) is 2.54. The van der Waals surface area contributed by atoms with E-state index in [0.29, 0.717) is 37.1 Å². The summed E-state index contributed by atoms with van der Waals surface area (Å²) < 4.78 is 16.3. The lowest BCUT2D eigenvalue weighted by Crippen LogP contribution is -2.48. The van der Waals surface area contributed by atoms with Gasteiger partial charge in [0.05, 0.1) is 26.4 Å². The van der Waals surface area contributed by atoms with Gasteiger partial charge in [-0.1, -0.05) is 0 Å². The van der Waals surface area contributed by atoms with E-state index in [1.54, 1.807) is 54.6 Å². The summed E-state index contributed by atoms with van der Waals surface area (Å²) in [5.74, 6) is 1.68. The van der Waals surface area contributed by atoms with Crippen molar-refractivity contribution in [1.29, 1.82) is 0 Å². The number of benzene rings is 1. The summed E-state index contributed by atoms with van der Waals surface area (Å²) in [5.41, 5.74) is 0.516. The largest absolute Gasteiger partial charge is 0.497 e. The van der Waals surface area contributed by atoms with Gasteiger partial charge in [0.15, 0.2) is 0 Å². The van der Waals surface area contributed by atoms with Crippen molar-refractivity contribution in [2.45, 2.75) is 13.0 Å². The number of rotatable bonds is 4. The molecule has 7 heteroatoms. The van der Waals surface area contributed by atoms with Gasteiger partial charge in [0.2, 0.25) is 5.88 Å². The Kier molecular flexibility index (Phi) is 5.35. The van der Waals surface area contributed by atoms with Crippen molar-refractivity contribution >= 4 is 11.7 Å². The number of urea groups is 1. The average Bonchev–Trinajstić information content (AvgIpc) is 2.64. The molecule has 1 aromatic heterocycles. The van der Waals surface area contributed by atoms with Crippen LogP contribution in [0.3, 0.4) is 0 Å². The summed E-state index contributed by atoms with van der Waals surface area (Å²) in [6.45, 7) is 3.59. The number of hydrogen-bond donors (Lipinski definition) is 1. The molecule has 0 unspecified atom stereocenters. The first kappa shape index (κ1) is 17.0. The van der Waals surface area contributed by atoms with E-state index in [2.05, 4.69) is 10.3 Å². The van der Waals surface area contributed by atoms with Crippen LogP contribution in [0.2, 0.25) is 0 Å². The molecule has 0 spiro atoms. The summed E-state index contributed by atoms with van der Waals surface area (Å²) >= 11 is 0. The number of aromatic nitrogens is 1. The van der Waals surface area contributed by atoms with Crippen molar-refractivity contribution in [3.63, 3.8) is 0 Å². The van der Waals surface area contributed by atoms with Crippen molar-refractivity contribution in [3.05, 3.63) is 42.6 Å². The van der Waals surface area contributed by atoms with Crippen LogP contribution >= 0.6 is 0 Å². The molecule has 0 saturated carbocycles. The maximum Gasteiger partial charge on any atom is 0.322 e. The Bertz CT molecular complexity index is 721. The van der Waals surface area contributed by atoms with Gasteiger partial charge in [-0.2, -0.15) is 0 Å². The van der Waals surface area contributed by atoms with Gasteiger partial charge in [-0.15, -0.1) is 0 Å². The first-order valence-corrected chi connectivity index (χ1v) is 8.09. The summed E-state index contributed by atoms with van der Waals surface area (Å²) in [6, 6.07) is 10.5. The van der Waals surface area contributed by atoms with Crippen LogP contribution in [0.5, 0.6) is 17.4 Å². The lowest BCUT2D eigenvalue weighted by atomic mass is 10.3. The number of amides is 2. The standard InChI is InChI=1S/C18H21N3O4/c1-13-12-24-11-10-21(13)18(22)20-16-4-3-9-19-17(16)25-15-7-5-14(23-2)6-8-15/h3-9,13H,10-12H2,1-2H3,(H,20,22)/t13-/m1/s1. The third-order valence-electron chi connectivity index (χ3n) is 3.92. The zero-order valence-electron chi connectivity index (χ0n) is 14.3. The van der Waals surface area contributed by atoms with Gasteiger partial charge in [-0.25, -0.2) is 9.78 Å². The summed E-state index contributed by atoms with van der Waals surface area (Å²) in [5, 5.41) is 2.87. The monoisotopic (exact) mass is 343 g/mol. The van der Waals surface area contributed by atoms with Gasteiger partial charge in [0, 0.05) is 12.7 Å². The highest BCUT2D eigenvalue weighted by molar-refractivity contribution is 5.90. The van der Waals surface area contributed by atoms with E-state index < -0.39 is 0 Å². The van der Waals surface area contributed by atoms with Crippen LogP contribution in [0, 0.1) is 0 Å². The second kappa shape index (κ2) is 7.85. The molecule has 2 aromatic rings. The van der Waals surface area contributed by atoms with E-state index in [9.17, 15) is 4.79 Å². The van der Waals surface area contributed by atoms with Crippen LogP contribution in [-0.4, -0.2) is 48.8 Å². The van der Waals surface area contributed by atoms with Crippen molar-refractivity contribution in [3.8, 4) is 17.4 Å². The van der Waals surface area contributed by atoms with Crippen molar-refractivity contribution < 1.29 is 19.0 Å². The van der Waals surface area contributed by atoms with Crippen molar-refractivity contribution in [2.24, 2.45) is 0 Å². The SMILES string of the molecule is COc1ccc(Oc2ncccc2NC(=O)N2CCOC[C@H]2C)cc1. The van der Waals surface area contributed by atoms with Crippen LogP contribution in [0.4, 0.5) is 10.5 Å². The fourth-order valence-corrected chi connectivity index (χ4v) is 2.54. The average molecular weight is 343 g/mol. The van der Waals surface area contributed by atoms with Crippen molar-refractivity contribution in [2.75, 3.05) is 32.2 Å². The van der Waals surface area contributed by atoms with E-state index in [-0.39, 0.29) is 12.1 Å². The Morgan fingerprint density at radius 3 is 2.76 bits per heavy atom. The molecule has 2 amide bonds. The molecular formula is C18H21N3O4. The summed E-state index contributed by atoms with van der Waals surface area (Å²) in [6.07, 6.45) is 1.62. The Morgan fingerprint density at radius 1 is 1.28 bits per heavy atom. The first-order chi connectivity index (χ1) is 12.2. The second-order valence-corrected chi connectivity index (χ2v) is 5.68. The Labute approximate surface area is 146 Å². The van der Waals surface area contributed by atoms with Crippen LogP contribution in [0.25, 0.3) is 0 Å². The molecule has 132 valence electrons. The minimum Gasteiger partial charge on any atom is -0.497 e. The van der Waals surface area contributed by atoms with Crippen LogP contribution in [0.15, 0.2) is 42.6 Å². The number of carbonyl (C=O) groups is 1. The third kappa shape index (κ3) is 4.19. The predicted molar refractivity (Wildman–Crippen MR) is 93.3 cm³/mol. The Hall–Kier alpha value is -2.80. The normalized spacial score (nSPS) is 17.0. The molecule has 0 bridgehead atoms. The van der Waals surface area contributed by atoms with Gasteiger partial charge in [0.1, 0.15) is 17.2 Å². The van der Waals surface area contributed by atoms with Crippen LogP contribution in [-0.2, 0) is 4.74 Å². The van der Waals surface area contributed by atoms with E-state index in [1.165, 1.54) is 0 Å². The second-order valence-electron chi connectivity index (χ2n) is 5.68. The molecule has 1 atom stereocenters. The van der Waals surface area contributed by atoms with E-state index in [1.807, 2.05) is 6.92 Å². The molecule has 1 aromatic carbocycles. The zero-order valence-corrected chi connectivity index (χ0v) is 14.3. The van der Waals surface area contributed by atoms with Crippen molar-refractivity contribution in [1.82, 2.24) is 9.88 Å². The Balaban J connectivity index is 1.72. The molecule has 1 fully saturated rings. The predicted octanol–water partition coefficient (Wildman–Crippen LogP) is 3.14. The maximum absolute atomic E-state index is 12.5. The van der Waals surface area contributed by atoms with E-state index in [0.717, 1.165) is 5.75 Å². The topological polar surface area (TPSA) is 72.9 Å². The van der Waals surface area contributed by atoms with Gasteiger partial charge in [-0.3, -0.25) is 0 Å². The fraction of sp³-hybridized carbons (Fsp3) is 0.333. The quantitative estimate of drug-likeness (QED) is 0.923. The molecule has 0 radical (unpaired) electrons. The van der Waals surface area contributed by atoms with Crippen LogP contribution in [0.1, 0.15) is 6.92 Å². The maximum atomic E-state index is 12.5. The highest BCUT2D eigenvalue weighted by Gasteiger charge is 2.24. The molecule has 2 heterocycles. The zero-order chi connectivity index (χ0) is 17.6. The molecular weight excluding hydrogens is 322 g/mol. The smallest absolute Gasteiger partial charge is 0.322 e. The lowest BCUT2D eigenvalue weighted by molar-refractivity contribution is 0.0221. The van der Waals surface area contributed by atoms with Gasteiger partial charge in [0.25, 0.3) is 0 Å². The molecule has 1 saturated heterocycles. The first-order valence-electron chi connectivity index (χ1n) is 8.09. The van der Waals surface area contributed by atoms with Gasteiger partial charge in [-0.05, 0) is 43.3 Å². The summed E-state index contributed by atoms with van der Waals surface area (Å²) in [7, 11) is 1.61. The number of hydrogen-bond acceptors (Lipinski definition) is 5. The molecule has 7 nitrogen and oxygen atoms in total. The molecule has 1 aliphatic rings. The minimum absolute atomic E-state index is 0.0244. The number of morpholine rings is 1. The number of anilines is 1. The minimum atomic E-state index is -0.191. The number of nitrogens with one attached hydrogen (secondary N) is 1. The number of ether oxygens (including phenoxy) is 3. The lowest BCUT2D eigenvalue weighted by Gasteiger charge is -2.33. The third-order valence-corrected chi connectivity index (χ3v) is 3.92. The Morgan fingerprint density at radius 2 is 2.04 bits per heavy atom. The number of methoxy groups -OCH3 is 1.